The van der Waals surface area contributed by atoms with Crippen molar-refractivity contribution in [1.29, 1.82) is 0 Å². The van der Waals surface area contributed by atoms with Crippen LogP contribution in [0.2, 0.25) is 0 Å². The summed E-state index contributed by atoms with van der Waals surface area (Å²) in [6.07, 6.45) is 6.83. The van der Waals surface area contributed by atoms with Gasteiger partial charge in [-0.2, -0.15) is 0 Å². The lowest BCUT2D eigenvalue weighted by Gasteiger charge is -2.26. The highest BCUT2D eigenvalue weighted by molar-refractivity contribution is 5.96. The van der Waals surface area contributed by atoms with Gasteiger partial charge in [0, 0.05) is 12.0 Å². The minimum atomic E-state index is 0.213. The lowest BCUT2D eigenvalue weighted by molar-refractivity contribution is 0.0313. The topological polar surface area (TPSA) is 38.3 Å². The van der Waals surface area contributed by atoms with Gasteiger partial charge in [0.25, 0.3) is 0 Å². The van der Waals surface area contributed by atoms with Crippen molar-refractivity contribution in [3.05, 3.63) is 35.4 Å². The van der Waals surface area contributed by atoms with E-state index in [9.17, 15) is 4.79 Å². The number of Topliss-reactive ketones (excluding diaryl/α,β-unsaturated/α-hetero) is 1. The summed E-state index contributed by atoms with van der Waals surface area (Å²) < 4.78 is 5.82. The van der Waals surface area contributed by atoms with Crippen molar-refractivity contribution < 1.29 is 9.53 Å². The zero-order chi connectivity index (χ0) is 14.5. The minimum Gasteiger partial charge on any atom is -0.378 e. The molecule has 3 heteroatoms. The van der Waals surface area contributed by atoms with Gasteiger partial charge in [-0.05, 0) is 56.3 Å². The smallest absolute Gasteiger partial charge is 0.165 e. The molecule has 114 valence electrons. The van der Waals surface area contributed by atoms with E-state index in [2.05, 4.69) is 17.4 Å². The lowest BCUT2D eigenvalue weighted by Crippen LogP contribution is -2.32. The van der Waals surface area contributed by atoms with Crippen LogP contribution in [-0.4, -0.2) is 31.6 Å². The van der Waals surface area contributed by atoms with Crippen LogP contribution < -0.4 is 5.32 Å². The molecule has 1 heterocycles. The second-order valence-electron chi connectivity index (χ2n) is 6.25. The first-order valence-electron chi connectivity index (χ1n) is 8.28. The zero-order valence-electron chi connectivity index (χ0n) is 12.6. The van der Waals surface area contributed by atoms with Crippen molar-refractivity contribution in [1.82, 2.24) is 5.32 Å². The molecule has 1 aliphatic carbocycles. The average molecular weight is 287 g/mol. The van der Waals surface area contributed by atoms with Gasteiger partial charge >= 0.3 is 0 Å². The molecule has 1 aromatic rings. The minimum absolute atomic E-state index is 0.213. The summed E-state index contributed by atoms with van der Waals surface area (Å²) in [4.78, 5) is 12.3. The number of hydrogen-bond donors (Lipinski definition) is 1. The van der Waals surface area contributed by atoms with E-state index in [1.54, 1.807) is 0 Å². The summed E-state index contributed by atoms with van der Waals surface area (Å²) in [6.45, 7) is 2.61. The Balaban J connectivity index is 1.48. The second-order valence-corrected chi connectivity index (χ2v) is 6.25. The third-order valence-corrected chi connectivity index (χ3v) is 4.75. The van der Waals surface area contributed by atoms with Gasteiger partial charge in [0.05, 0.1) is 12.7 Å². The van der Waals surface area contributed by atoms with Gasteiger partial charge in [-0.3, -0.25) is 4.79 Å². The normalized spacial score (nSPS) is 20.2. The number of benzene rings is 1. The molecule has 0 aromatic heterocycles. The van der Waals surface area contributed by atoms with Gasteiger partial charge in [0.1, 0.15) is 0 Å². The molecule has 3 nitrogen and oxygen atoms in total. The Hall–Kier alpha value is -1.19. The molecule has 1 aliphatic heterocycles. The van der Waals surface area contributed by atoms with Crippen molar-refractivity contribution in [3.8, 4) is 0 Å². The summed E-state index contributed by atoms with van der Waals surface area (Å²) in [6, 6.07) is 8.21. The van der Waals surface area contributed by atoms with Crippen LogP contribution in [0.1, 0.15) is 60.4 Å². The maximum absolute atomic E-state index is 12.3. The molecule has 21 heavy (non-hydrogen) atoms. The number of rotatable bonds is 6. The van der Waals surface area contributed by atoms with E-state index in [0.717, 1.165) is 31.5 Å². The molecule has 3 rings (SSSR count). The third-order valence-electron chi connectivity index (χ3n) is 4.75. The van der Waals surface area contributed by atoms with Gasteiger partial charge in [0.15, 0.2) is 5.78 Å². The van der Waals surface area contributed by atoms with E-state index in [4.69, 9.17) is 4.74 Å². The van der Waals surface area contributed by atoms with E-state index in [-0.39, 0.29) is 5.78 Å². The Kier molecular flexibility index (Phi) is 5.04. The number of ether oxygens (including phenoxy) is 1. The van der Waals surface area contributed by atoms with Crippen LogP contribution in [0.3, 0.4) is 0 Å². The summed E-state index contributed by atoms with van der Waals surface area (Å²) in [7, 11) is 0. The summed E-state index contributed by atoms with van der Waals surface area (Å²) in [5, 5.41) is 3.32. The Morgan fingerprint density at radius 1 is 1.19 bits per heavy atom. The predicted octanol–water partition coefficient (Wildman–Crippen LogP) is 3.30. The van der Waals surface area contributed by atoms with Crippen molar-refractivity contribution in [2.24, 2.45) is 0 Å². The molecule has 2 fully saturated rings. The maximum atomic E-state index is 12.3. The first-order valence-corrected chi connectivity index (χ1v) is 8.28. The number of piperidine rings is 1. The van der Waals surface area contributed by atoms with E-state index in [1.165, 1.54) is 24.8 Å². The van der Waals surface area contributed by atoms with Crippen LogP contribution >= 0.6 is 0 Å². The number of carbonyl (C=O) groups excluding carboxylic acids is 1. The molecule has 1 aromatic carbocycles. The van der Waals surface area contributed by atoms with Crippen LogP contribution in [0.4, 0.5) is 0 Å². The number of nitrogens with one attached hydrogen (secondary N) is 1. The average Bonchev–Trinajstić information content (AvgIpc) is 2.47. The molecule has 2 aliphatic rings. The van der Waals surface area contributed by atoms with Crippen LogP contribution in [0.25, 0.3) is 0 Å². The number of hydrogen-bond acceptors (Lipinski definition) is 3. The molecule has 0 spiro atoms. The second kappa shape index (κ2) is 7.19. The zero-order valence-corrected chi connectivity index (χ0v) is 12.6. The van der Waals surface area contributed by atoms with E-state index < -0.39 is 0 Å². The Morgan fingerprint density at radius 3 is 2.71 bits per heavy atom. The largest absolute Gasteiger partial charge is 0.378 e. The van der Waals surface area contributed by atoms with E-state index >= 15 is 0 Å². The van der Waals surface area contributed by atoms with Crippen molar-refractivity contribution >= 4 is 5.78 Å². The highest BCUT2D eigenvalue weighted by Crippen LogP contribution is 2.36. The molecule has 0 unspecified atom stereocenters. The molecule has 1 saturated carbocycles. The van der Waals surface area contributed by atoms with Crippen LogP contribution in [0.5, 0.6) is 0 Å². The molecular weight excluding hydrogens is 262 g/mol. The van der Waals surface area contributed by atoms with Gasteiger partial charge in [0.2, 0.25) is 0 Å². The number of carbonyl (C=O) groups is 1. The molecule has 0 atom stereocenters. The Labute approximate surface area is 127 Å². The maximum Gasteiger partial charge on any atom is 0.165 e. The third kappa shape index (κ3) is 3.92. The van der Waals surface area contributed by atoms with E-state index in [1.807, 2.05) is 12.1 Å². The van der Waals surface area contributed by atoms with Gasteiger partial charge in [-0.25, -0.2) is 0 Å². The van der Waals surface area contributed by atoms with Gasteiger partial charge < -0.3 is 10.1 Å². The lowest BCUT2D eigenvalue weighted by atomic mass is 9.79. The molecule has 1 saturated heterocycles. The number of ketones is 1. The summed E-state index contributed by atoms with van der Waals surface area (Å²) in [5.41, 5.74) is 2.19. The fourth-order valence-corrected chi connectivity index (χ4v) is 3.13. The van der Waals surface area contributed by atoms with Gasteiger partial charge in [-0.15, -0.1) is 0 Å². The Morgan fingerprint density at radius 2 is 2.00 bits per heavy atom. The highest BCUT2D eigenvalue weighted by atomic mass is 16.5. The SMILES string of the molecule is O=C(CCOC1CCNCC1)c1cccc(C2CCC2)c1. The fourth-order valence-electron chi connectivity index (χ4n) is 3.13. The molecule has 0 bridgehead atoms. The summed E-state index contributed by atoms with van der Waals surface area (Å²) >= 11 is 0. The summed E-state index contributed by atoms with van der Waals surface area (Å²) in [5.74, 6) is 0.897. The predicted molar refractivity (Wildman–Crippen MR) is 83.8 cm³/mol. The quantitative estimate of drug-likeness (QED) is 0.816. The van der Waals surface area contributed by atoms with Crippen molar-refractivity contribution in [2.75, 3.05) is 19.7 Å². The van der Waals surface area contributed by atoms with Gasteiger partial charge in [-0.1, -0.05) is 24.6 Å². The molecular formula is C18H25NO2. The van der Waals surface area contributed by atoms with Crippen molar-refractivity contribution in [2.45, 2.75) is 50.5 Å². The molecule has 0 radical (unpaired) electrons. The van der Waals surface area contributed by atoms with E-state index in [0.29, 0.717) is 25.0 Å². The first kappa shape index (κ1) is 14.7. The highest BCUT2D eigenvalue weighted by Gasteiger charge is 2.20. The fraction of sp³-hybridized carbons (Fsp3) is 0.611. The molecule has 0 amide bonds. The molecule has 1 N–H and O–H groups in total. The van der Waals surface area contributed by atoms with Crippen LogP contribution in [-0.2, 0) is 4.74 Å². The standard InChI is InChI=1S/C18H25NO2/c20-18(9-12-21-17-7-10-19-11-8-17)16-6-2-5-15(13-16)14-3-1-4-14/h2,5-6,13-14,17,19H,1,3-4,7-12H2. The Bertz CT molecular complexity index is 476. The van der Waals surface area contributed by atoms with Crippen molar-refractivity contribution in [3.63, 3.8) is 0 Å². The first-order chi connectivity index (χ1) is 10.3. The van der Waals surface area contributed by atoms with Crippen LogP contribution in [0, 0.1) is 0 Å². The van der Waals surface area contributed by atoms with Crippen LogP contribution in [0.15, 0.2) is 24.3 Å². The monoisotopic (exact) mass is 287 g/mol.